The van der Waals surface area contributed by atoms with Crippen LogP contribution in [0.4, 0.5) is 10.5 Å². The highest BCUT2D eigenvalue weighted by Gasteiger charge is 2.51. The second-order valence-corrected chi connectivity index (χ2v) is 11.8. The predicted molar refractivity (Wildman–Crippen MR) is 146 cm³/mol. The number of nitrogens with one attached hydrogen (secondary N) is 1. The molecule has 1 saturated heterocycles. The first kappa shape index (κ1) is 23.2. The van der Waals surface area contributed by atoms with Crippen LogP contribution in [0.15, 0.2) is 72.4 Å². The molecule has 4 saturated carbocycles. The van der Waals surface area contributed by atoms with E-state index >= 15 is 0 Å². The standard InChI is InChI=1S/C32H31N3O3/c1-20-4-8-25(9-5-20)34-12-2-3-27(34)16-28-29(36)33-31(38)35(30(28)37)26-10-6-24(7-11-26)32-17-21-13-22(18-32)15-23(14-21)19-32/h2-12,16,21-23H,13-15,17-19H2,1H3,(H,33,36,38)/b28-16+. The van der Waals surface area contributed by atoms with Gasteiger partial charge >= 0.3 is 6.03 Å². The number of anilines is 1. The second-order valence-electron chi connectivity index (χ2n) is 11.8. The molecule has 4 bridgehead atoms. The lowest BCUT2D eigenvalue weighted by atomic mass is 9.48. The molecular weight excluding hydrogens is 474 g/mol. The van der Waals surface area contributed by atoms with E-state index in [1.54, 1.807) is 6.08 Å². The maximum atomic E-state index is 13.5. The van der Waals surface area contributed by atoms with Crippen molar-refractivity contribution >= 4 is 29.6 Å². The van der Waals surface area contributed by atoms with E-state index in [4.69, 9.17) is 0 Å². The first-order chi connectivity index (χ1) is 18.4. The molecule has 3 aromatic rings. The van der Waals surface area contributed by atoms with Crippen molar-refractivity contribution in [3.63, 3.8) is 0 Å². The van der Waals surface area contributed by atoms with Gasteiger partial charge in [-0.15, -0.1) is 0 Å². The minimum Gasteiger partial charge on any atom is -0.317 e. The van der Waals surface area contributed by atoms with Crippen molar-refractivity contribution in [2.24, 2.45) is 17.8 Å². The summed E-state index contributed by atoms with van der Waals surface area (Å²) in [6.07, 6.45) is 11.4. The predicted octanol–water partition coefficient (Wildman–Crippen LogP) is 5.92. The molecule has 0 spiro atoms. The Morgan fingerprint density at radius 3 is 2.05 bits per heavy atom. The third-order valence-electron chi connectivity index (χ3n) is 9.26. The molecule has 0 radical (unpaired) electrons. The van der Waals surface area contributed by atoms with Gasteiger partial charge in [0.05, 0.1) is 5.69 Å². The molecule has 4 amide bonds. The Hall–Kier alpha value is -3.93. The van der Waals surface area contributed by atoms with E-state index in [-0.39, 0.29) is 11.0 Å². The van der Waals surface area contributed by atoms with Crippen LogP contribution in [0.3, 0.4) is 0 Å². The molecule has 38 heavy (non-hydrogen) atoms. The van der Waals surface area contributed by atoms with E-state index in [1.165, 1.54) is 44.1 Å². The number of imide groups is 2. The Kier molecular flexibility index (Phi) is 5.22. The summed E-state index contributed by atoms with van der Waals surface area (Å²) in [5.74, 6) is 1.23. The normalized spacial score (nSPS) is 29.3. The van der Waals surface area contributed by atoms with Crippen molar-refractivity contribution in [3.05, 3.63) is 89.3 Å². The summed E-state index contributed by atoms with van der Waals surface area (Å²) in [5.41, 5.74) is 4.72. The van der Waals surface area contributed by atoms with Gasteiger partial charge in [0.1, 0.15) is 5.57 Å². The Morgan fingerprint density at radius 2 is 1.42 bits per heavy atom. The zero-order valence-electron chi connectivity index (χ0n) is 21.5. The average molecular weight is 506 g/mol. The van der Waals surface area contributed by atoms with E-state index in [0.717, 1.165) is 33.9 Å². The number of rotatable bonds is 4. The fourth-order valence-electron chi connectivity index (χ4n) is 7.92. The lowest BCUT2D eigenvalue weighted by Crippen LogP contribution is -2.54. The van der Waals surface area contributed by atoms with Crippen molar-refractivity contribution < 1.29 is 14.4 Å². The molecule has 0 unspecified atom stereocenters. The number of barbiturate groups is 1. The number of benzene rings is 2. The summed E-state index contributed by atoms with van der Waals surface area (Å²) in [4.78, 5) is 40.2. The van der Waals surface area contributed by atoms with Crippen molar-refractivity contribution in [1.82, 2.24) is 9.88 Å². The maximum absolute atomic E-state index is 13.5. The minimum atomic E-state index is -0.714. The molecule has 0 atom stereocenters. The van der Waals surface area contributed by atoms with Gasteiger partial charge in [0.25, 0.3) is 11.8 Å². The van der Waals surface area contributed by atoms with Crippen LogP contribution in [-0.4, -0.2) is 22.4 Å². The quantitative estimate of drug-likeness (QED) is 0.353. The SMILES string of the molecule is Cc1ccc(-n2cccc2/C=C2\C(=O)NC(=O)N(c3ccc(C45CC6CC(CC(C6)C4)C5)cc3)C2=O)cc1. The highest BCUT2D eigenvalue weighted by molar-refractivity contribution is 6.39. The van der Waals surface area contributed by atoms with Gasteiger partial charge in [0, 0.05) is 17.6 Å². The van der Waals surface area contributed by atoms with Crippen LogP contribution in [0.2, 0.25) is 0 Å². The summed E-state index contributed by atoms with van der Waals surface area (Å²) < 4.78 is 1.91. The summed E-state index contributed by atoms with van der Waals surface area (Å²) in [5, 5.41) is 2.36. The Balaban J connectivity index is 1.18. The lowest BCUT2D eigenvalue weighted by Gasteiger charge is -2.57. The fraction of sp³-hybridized carbons (Fsp3) is 0.344. The molecule has 2 aromatic carbocycles. The molecule has 4 aliphatic carbocycles. The molecule has 5 fully saturated rings. The Bertz CT molecular complexity index is 1440. The van der Waals surface area contributed by atoms with Crippen molar-refractivity contribution in [2.45, 2.75) is 50.9 Å². The number of carbonyl (C=O) groups is 3. The zero-order valence-corrected chi connectivity index (χ0v) is 21.5. The number of amides is 4. The number of nitrogens with zero attached hydrogens (tertiary/aromatic N) is 2. The molecular formula is C32H31N3O3. The van der Waals surface area contributed by atoms with E-state index < -0.39 is 17.8 Å². The summed E-state index contributed by atoms with van der Waals surface area (Å²) in [6, 6.07) is 18.9. The molecule has 6 heteroatoms. The number of urea groups is 1. The van der Waals surface area contributed by atoms with Crippen LogP contribution in [0.25, 0.3) is 11.8 Å². The third kappa shape index (κ3) is 3.73. The van der Waals surface area contributed by atoms with Gasteiger partial charge in [-0.1, -0.05) is 29.8 Å². The van der Waals surface area contributed by atoms with Crippen LogP contribution in [0.1, 0.15) is 55.3 Å². The highest BCUT2D eigenvalue weighted by atomic mass is 16.2. The third-order valence-corrected chi connectivity index (χ3v) is 9.26. The molecule has 5 aliphatic rings. The molecule has 192 valence electrons. The zero-order chi connectivity index (χ0) is 26.0. The Morgan fingerprint density at radius 1 is 0.816 bits per heavy atom. The summed E-state index contributed by atoms with van der Waals surface area (Å²) in [7, 11) is 0. The molecule has 8 rings (SSSR count). The van der Waals surface area contributed by atoms with Gasteiger partial charge in [-0.3, -0.25) is 14.9 Å². The smallest absolute Gasteiger partial charge is 0.317 e. The Labute approximate surface area is 222 Å². The van der Waals surface area contributed by atoms with E-state index in [9.17, 15) is 14.4 Å². The largest absolute Gasteiger partial charge is 0.335 e. The van der Waals surface area contributed by atoms with Crippen LogP contribution in [-0.2, 0) is 15.0 Å². The topological polar surface area (TPSA) is 71.4 Å². The van der Waals surface area contributed by atoms with E-state index in [1.807, 2.05) is 66.2 Å². The molecule has 1 aliphatic heterocycles. The molecule has 6 nitrogen and oxygen atoms in total. The molecule has 1 aromatic heterocycles. The van der Waals surface area contributed by atoms with Gasteiger partial charge in [-0.25, -0.2) is 9.69 Å². The second kappa shape index (κ2) is 8.55. The van der Waals surface area contributed by atoms with Crippen molar-refractivity contribution in [3.8, 4) is 5.69 Å². The average Bonchev–Trinajstić information content (AvgIpc) is 3.35. The highest BCUT2D eigenvalue weighted by Crippen LogP contribution is 2.60. The van der Waals surface area contributed by atoms with Crippen LogP contribution in [0, 0.1) is 24.7 Å². The number of hydrogen-bond donors (Lipinski definition) is 1. The van der Waals surface area contributed by atoms with Gasteiger partial charge in [-0.2, -0.15) is 0 Å². The van der Waals surface area contributed by atoms with Crippen molar-refractivity contribution in [1.29, 1.82) is 0 Å². The number of hydrogen-bond acceptors (Lipinski definition) is 3. The number of aryl methyl sites for hydroxylation is 1. The number of aromatic nitrogens is 1. The fourth-order valence-corrected chi connectivity index (χ4v) is 7.92. The summed E-state index contributed by atoms with van der Waals surface area (Å²) in [6.45, 7) is 2.02. The van der Waals surface area contributed by atoms with Gasteiger partial charge < -0.3 is 4.57 Å². The first-order valence-electron chi connectivity index (χ1n) is 13.6. The van der Waals surface area contributed by atoms with Crippen LogP contribution < -0.4 is 10.2 Å². The van der Waals surface area contributed by atoms with Gasteiger partial charge in [0.2, 0.25) is 0 Å². The van der Waals surface area contributed by atoms with E-state index in [2.05, 4.69) is 17.4 Å². The molecule has 2 heterocycles. The monoisotopic (exact) mass is 505 g/mol. The minimum absolute atomic E-state index is 0.0678. The summed E-state index contributed by atoms with van der Waals surface area (Å²) >= 11 is 0. The van der Waals surface area contributed by atoms with Crippen LogP contribution in [0.5, 0.6) is 0 Å². The lowest BCUT2D eigenvalue weighted by molar-refractivity contribution is -0.122. The number of carbonyl (C=O) groups excluding carboxylic acids is 3. The van der Waals surface area contributed by atoms with Gasteiger partial charge in [-0.05, 0) is 117 Å². The van der Waals surface area contributed by atoms with E-state index in [0.29, 0.717) is 11.4 Å². The maximum Gasteiger partial charge on any atom is 0.335 e. The molecule has 1 N–H and O–H groups in total. The van der Waals surface area contributed by atoms with Crippen molar-refractivity contribution in [2.75, 3.05) is 4.90 Å². The van der Waals surface area contributed by atoms with Crippen LogP contribution >= 0.6 is 0 Å². The first-order valence-corrected chi connectivity index (χ1v) is 13.6. The van der Waals surface area contributed by atoms with Gasteiger partial charge in [0.15, 0.2) is 0 Å².